The third-order valence-electron chi connectivity index (χ3n) is 1.60. The highest BCUT2D eigenvalue weighted by molar-refractivity contribution is 6.32. The molecule has 0 aromatic carbocycles. The van der Waals surface area contributed by atoms with Gasteiger partial charge in [0.2, 0.25) is 0 Å². The van der Waals surface area contributed by atoms with Crippen LogP contribution in [0.4, 0.5) is 19.0 Å². The molecular formula is C9H6ClF3N4. The van der Waals surface area contributed by atoms with Crippen LogP contribution in [-0.2, 0) is 6.18 Å². The molecular weight excluding hydrogens is 257 g/mol. The van der Waals surface area contributed by atoms with Gasteiger partial charge in [-0.3, -0.25) is 5.43 Å². The molecule has 0 fully saturated rings. The predicted octanol–water partition coefficient (Wildman–Crippen LogP) is 2.71. The first-order valence-electron chi connectivity index (χ1n) is 4.24. The number of allylic oxidation sites excluding steroid dienone is 1. The number of nitrogens with one attached hydrogen (secondary N) is 2. The lowest BCUT2D eigenvalue weighted by molar-refractivity contribution is -0.137. The third-order valence-corrected chi connectivity index (χ3v) is 1.89. The second-order valence-electron chi connectivity index (χ2n) is 2.78. The molecule has 0 bridgehead atoms. The van der Waals surface area contributed by atoms with E-state index in [4.69, 9.17) is 16.9 Å². The summed E-state index contributed by atoms with van der Waals surface area (Å²) >= 11 is 5.59. The van der Waals surface area contributed by atoms with E-state index in [2.05, 4.69) is 15.8 Å². The smallest absolute Gasteiger partial charge is 0.306 e. The SMILES string of the molecule is N#C/C=C/NNc1ncc(C(F)(F)F)cc1Cl. The summed E-state index contributed by atoms with van der Waals surface area (Å²) < 4.78 is 36.8. The second kappa shape index (κ2) is 5.41. The lowest BCUT2D eigenvalue weighted by atomic mass is 10.3. The van der Waals surface area contributed by atoms with Gasteiger partial charge in [0.15, 0.2) is 5.82 Å². The summed E-state index contributed by atoms with van der Waals surface area (Å²) in [5, 5.41) is 7.99. The first-order chi connectivity index (χ1) is 7.95. The highest BCUT2D eigenvalue weighted by atomic mass is 35.5. The van der Waals surface area contributed by atoms with Crippen LogP contribution in [-0.4, -0.2) is 4.98 Å². The van der Waals surface area contributed by atoms with Crippen molar-refractivity contribution in [2.24, 2.45) is 0 Å². The fourth-order valence-electron chi connectivity index (χ4n) is 0.874. The van der Waals surface area contributed by atoms with Crippen molar-refractivity contribution in [1.82, 2.24) is 10.4 Å². The average molecular weight is 263 g/mol. The van der Waals surface area contributed by atoms with Gasteiger partial charge in [0, 0.05) is 18.5 Å². The zero-order chi connectivity index (χ0) is 12.9. The van der Waals surface area contributed by atoms with Gasteiger partial charge >= 0.3 is 6.18 Å². The van der Waals surface area contributed by atoms with Crippen molar-refractivity contribution >= 4 is 17.4 Å². The molecule has 1 rings (SSSR count). The number of nitrogens with zero attached hydrogens (tertiary/aromatic N) is 2. The van der Waals surface area contributed by atoms with E-state index in [-0.39, 0.29) is 10.8 Å². The summed E-state index contributed by atoms with van der Waals surface area (Å²) in [6, 6.07) is 2.47. The summed E-state index contributed by atoms with van der Waals surface area (Å²) in [7, 11) is 0. The molecule has 0 atom stereocenters. The highest BCUT2D eigenvalue weighted by Gasteiger charge is 2.31. The molecule has 4 nitrogen and oxygen atoms in total. The Labute approximate surface area is 99.7 Å². The number of pyridine rings is 1. The van der Waals surface area contributed by atoms with Crippen molar-refractivity contribution in [2.45, 2.75) is 6.18 Å². The first kappa shape index (κ1) is 13.1. The van der Waals surface area contributed by atoms with E-state index in [1.165, 1.54) is 6.20 Å². The van der Waals surface area contributed by atoms with E-state index >= 15 is 0 Å². The Kier molecular flexibility index (Phi) is 4.17. The molecule has 0 aliphatic rings. The number of halogens is 4. The molecule has 0 aliphatic carbocycles. The van der Waals surface area contributed by atoms with Crippen LogP contribution in [0.5, 0.6) is 0 Å². The van der Waals surface area contributed by atoms with E-state index in [9.17, 15) is 13.2 Å². The Balaban J connectivity index is 2.77. The molecule has 0 spiro atoms. The Bertz CT molecular complexity index is 464. The van der Waals surface area contributed by atoms with Gasteiger partial charge in [-0.1, -0.05) is 11.6 Å². The van der Waals surface area contributed by atoms with Gasteiger partial charge in [0.05, 0.1) is 16.7 Å². The van der Waals surface area contributed by atoms with E-state index in [0.717, 1.165) is 12.1 Å². The van der Waals surface area contributed by atoms with E-state index in [1.807, 2.05) is 0 Å². The lowest BCUT2D eigenvalue weighted by Gasteiger charge is -2.10. The second-order valence-corrected chi connectivity index (χ2v) is 3.19. The van der Waals surface area contributed by atoms with Crippen molar-refractivity contribution in [3.8, 4) is 6.07 Å². The molecule has 0 saturated heterocycles. The molecule has 90 valence electrons. The topological polar surface area (TPSA) is 60.7 Å². The third kappa shape index (κ3) is 3.85. The maximum atomic E-state index is 12.3. The fourth-order valence-corrected chi connectivity index (χ4v) is 1.09. The largest absolute Gasteiger partial charge is 0.417 e. The van der Waals surface area contributed by atoms with Crippen LogP contribution in [0, 0.1) is 11.3 Å². The fraction of sp³-hybridized carbons (Fsp3) is 0.111. The Hall–Kier alpha value is -1.94. The molecule has 8 heteroatoms. The van der Waals surface area contributed by atoms with Gasteiger partial charge in [0.1, 0.15) is 0 Å². The molecule has 0 saturated carbocycles. The summed E-state index contributed by atoms with van der Waals surface area (Å²) in [6.07, 6.45) is -1.45. The summed E-state index contributed by atoms with van der Waals surface area (Å²) in [5.41, 5.74) is 3.92. The van der Waals surface area contributed by atoms with Crippen LogP contribution in [0.25, 0.3) is 0 Å². The van der Waals surface area contributed by atoms with Crippen LogP contribution in [0.15, 0.2) is 24.5 Å². The number of aromatic nitrogens is 1. The Morgan fingerprint density at radius 2 is 2.18 bits per heavy atom. The molecule has 0 unspecified atom stereocenters. The number of hydrogen-bond donors (Lipinski definition) is 2. The Morgan fingerprint density at radius 1 is 1.47 bits per heavy atom. The van der Waals surface area contributed by atoms with Crippen LogP contribution >= 0.6 is 11.6 Å². The zero-order valence-corrected chi connectivity index (χ0v) is 8.97. The van der Waals surface area contributed by atoms with Crippen molar-refractivity contribution < 1.29 is 13.2 Å². The maximum absolute atomic E-state index is 12.3. The number of hydrogen-bond acceptors (Lipinski definition) is 4. The predicted molar refractivity (Wildman–Crippen MR) is 55.8 cm³/mol. The minimum absolute atomic E-state index is 0.0299. The lowest BCUT2D eigenvalue weighted by Crippen LogP contribution is -2.16. The van der Waals surface area contributed by atoms with E-state index < -0.39 is 11.7 Å². The standard InChI is InChI=1S/C9H6ClF3N4/c10-7-4-6(9(11,12)13)5-15-8(7)17-16-3-1-2-14/h1,3-5,16H,(H,15,17)/b3-1+. The first-order valence-corrected chi connectivity index (χ1v) is 4.62. The van der Waals surface area contributed by atoms with Gasteiger partial charge in [-0.25, -0.2) is 4.98 Å². The van der Waals surface area contributed by atoms with E-state index in [0.29, 0.717) is 6.20 Å². The van der Waals surface area contributed by atoms with Gasteiger partial charge in [-0.05, 0) is 6.07 Å². The zero-order valence-electron chi connectivity index (χ0n) is 8.22. The number of nitriles is 1. The van der Waals surface area contributed by atoms with Gasteiger partial charge < -0.3 is 5.43 Å². The average Bonchev–Trinajstić information content (AvgIpc) is 2.24. The molecule has 2 N–H and O–H groups in total. The van der Waals surface area contributed by atoms with Gasteiger partial charge in [-0.2, -0.15) is 18.4 Å². The molecule has 0 aliphatic heterocycles. The number of alkyl halides is 3. The molecule has 1 aromatic rings. The van der Waals surface area contributed by atoms with Crippen molar-refractivity contribution in [3.05, 3.63) is 35.1 Å². The minimum Gasteiger partial charge on any atom is -0.306 e. The summed E-state index contributed by atoms with van der Waals surface area (Å²) in [4.78, 5) is 3.50. The number of hydrazine groups is 1. The normalized spacial score (nSPS) is 11.2. The maximum Gasteiger partial charge on any atom is 0.417 e. The van der Waals surface area contributed by atoms with Crippen molar-refractivity contribution in [1.29, 1.82) is 5.26 Å². The van der Waals surface area contributed by atoms with Crippen LogP contribution in [0.3, 0.4) is 0 Å². The highest BCUT2D eigenvalue weighted by Crippen LogP contribution is 2.32. The minimum atomic E-state index is -4.48. The van der Waals surface area contributed by atoms with Crippen molar-refractivity contribution in [3.63, 3.8) is 0 Å². The molecule has 1 aromatic heterocycles. The molecule has 17 heavy (non-hydrogen) atoms. The number of rotatable bonds is 3. The van der Waals surface area contributed by atoms with E-state index in [1.54, 1.807) is 6.07 Å². The Morgan fingerprint density at radius 3 is 2.71 bits per heavy atom. The molecule has 0 amide bonds. The van der Waals surface area contributed by atoms with Crippen LogP contribution < -0.4 is 10.9 Å². The monoisotopic (exact) mass is 262 g/mol. The summed E-state index contributed by atoms with van der Waals surface area (Å²) in [5.74, 6) is 0.0299. The number of anilines is 1. The van der Waals surface area contributed by atoms with Crippen LogP contribution in [0.2, 0.25) is 5.02 Å². The molecule has 1 heterocycles. The van der Waals surface area contributed by atoms with Gasteiger partial charge in [-0.15, -0.1) is 0 Å². The van der Waals surface area contributed by atoms with Crippen LogP contribution in [0.1, 0.15) is 5.56 Å². The summed E-state index contributed by atoms with van der Waals surface area (Å²) in [6.45, 7) is 0. The van der Waals surface area contributed by atoms with Crippen molar-refractivity contribution in [2.75, 3.05) is 5.43 Å². The quantitative estimate of drug-likeness (QED) is 0.649. The molecule has 0 radical (unpaired) electrons. The van der Waals surface area contributed by atoms with Gasteiger partial charge in [0.25, 0.3) is 0 Å².